The van der Waals surface area contributed by atoms with Gasteiger partial charge in [-0.1, -0.05) is 19.9 Å². The highest BCUT2D eigenvalue weighted by Crippen LogP contribution is 2.26. The van der Waals surface area contributed by atoms with Crippen molar-refractivity contribution in [3.05, 3.63) is 39.3 Å². The van der Waals surface area contributed by atoms with Gasteiger partial charge >= 0.3 is 0 Å². The van der Waals surface area contributed by atoms with Gasteiger partial charge in [0.15, 0.2) is 5.96 Å². The molecule has 2 atom stereocenters. The SMILES string of the molecule is CCc1nn(C)c(CC)c1CNC(=NC)NCC(c1cccs1)N1CCOC(C)C1.I. The molecular formula is C22H37IN6OS. The number of guanidine groups is 1. The molecule has 0 bridgehead atoms. The van der Waals surface area contributed by atoms with Gasteiger partial charge in [0.1, 0.15) is 0 Å². The van der Waals surface area contributed by atoms with E-state index in [2.05, 4.69) is 63.9 Å². The molecule has 0 aromatic carbocycles. The molecule has 1 saturated heterocycles. The van der Waals surface area contributed by atoms with E-state index < -0.39 is 0 Å². The Labute approximate surface area is 207 Å². The van der Waals surface area contributed by atoms with Crippen LogP contribution in [-0.2, 0) is 31.2 Å². The molecule has 0 spiro atoms. The second-order valence-corrected chi connectivity index (χ2v) is 8.70. The summed E-state index contributed by atoms with van der Waals surface area (Å²) >= 11 is 1.81. The van der Waals surface area contributed by atoms with Crippen molar-refractivity contribution in [1.29, 1.82) is 0 Å². The van der Waals surface area contributed by atoms with Gasteiger partial charge in [0.25, 0.3) is 0 Å². The van der Waals surface area contributed by atoms with Crippen molar-refractivity contribution in [3.8, 4) is 0 Å². The normalized spacial score (nSPS) is 18.5. The third-order valence-electron chi connectivity index (χ3n) is 5.73. The maximum absolute atomic E-state index is 5.75. The van der Waals surface area contributed by atoms with Gasteiger partial charge in [-0.05, 0) is 31.2 Å². The zero-order chi connectivity index (χ0) is 21.5. The van der Waals surface area contributed by atoms with Crippen LogP contribution in [0.4, 0.5) is 0 Å². The molecule has 7 nitrogen and oxygen atoms in total. The van der Waals surface area contributed by atoms with Crippen molar-refractivity contribution in [2.24, 2.45) is 12.0 Å². The minimum atomic E-state index is 0. The van der Waals surface area contributed by atoms with Crippen molar-refractivity contribution in [3.63, 3.8) is 0 Å². The van der Waals surface area contributed by atoms with Crippen molar-refractivity contribution < 1.29 is 4.74 Å². The topological polar surface area (TPSA) is 66.7 Å². The first-order valence-corrected chi connectivity index (χ1v) is 11.8. The van der Waals surface area contributed by atoms with Gasteiger partial charge < -0.3 is 15.4 Å². The van der Waals surface area contributed by atoms with Crippen LogP contribution in [0, 0.1) is 0 Å². The first kappa shape index (κ1) is 26.1. The molecule has 1 aliphatic heterocycles. The zero-order valence-electron chi connectivity index (χ0n) is 19.4. The maximum Gasteiger partial charge on any atom is 0.191 e. The van der Waals surface area contributed by atoms with Crippen LogP contribution >= 0.6 is 35.3 Å². The van der Waals surface area contributed by atoms with Crippen molar-refractivity contribution in [1.82, 2.24) is 25.3 Å². The first-order chi connectivity index (χ1) is 14.6. The Morgan fingerprint density at radius 2 is 2.16 bits per heavy atom. The lowest BCUT2D eigenvalue weighted by molar-refractivity contribution is -0.0334. The van der Waals surface area contributed by atoms with E-state index >= 15 is 0 Å². The molecule has 174 valence electrons. The van der Waals surface area contributed by atoms with Crippen LogP contribution in [0.1, 0.15) is 48.6 Å². The average Bonchev–Trinajstić information content (AvgIpc) is 3.38. The minimum absolute atomic E-state index is 0. The molecule has 3 rings (SSSR count). The van der Waals surface area contributed by atoms with Gasteiger partial charge in [-0.25, -0.2) is 0 Å². The van der Waals surface area contributed by atoms with E-state index in [9.17, 15) is 0 Å². The number of nitrogens with one attached hydrogen (secondary N) is 2. The molecule has 0 amide bonds. The van der Waals surface area contributed by atoms with E-state index in [0.29, 0.717) is 6.04 Å². The molecule has 2 unspecified atom stereocenters. The van der Waals surface area contributed by atoms with Gasteiger partial charge in [-0.3, -0.25) is 14.6 Å². The van der Waals surface area contributed by atoms with Gasteiger partial charge in [0.05, 0.1) is 24.4 Å². The van der Waals surface area contributed by atoms with Crippen LogP contribution < -0.4 is 10.6 Å². The molecule has 0 radical (unpaired) electrons. The lowest BCUT2D eigenvalue weighted by Crippen LogP contribution is -2.48. The lowest BCUT2D eigenvalue weighted by atomic mass is 10.1. The summed E-state index contributed by atoms with van der Waals surface area (Å²) in [6.45, 7) is 10.7. The number of hydrogen-bond donors (Lipinski definition) is 2. The van der Waals surface area contributed by atoms with E-state index in [1.54, 1.807) is 0 Å². The van der Waals surface area contributed by atoms with Crippen LogP contribution in [-0.4, -0.2) is 60.0 Å². The summed E-state index contributed by atoms with van der Waals surface area (Å²) in [7, 11) is 3.86. The molecule has 1 fully saturated rings. The summed E-state index contributed by atoms with van der Waals surface area (Å²) in [6, 6.07) is 4.67. The van der Waals surface area contributed by atoms with Crippen molar-refractivity contribution >= 4 is 41.3 Å². The zero-order valence-corrected chi connectivity index (χ0v) is 22.5. The molecule has 9 heteroatoms. The largest absolute Gasteiger partial charge is 0.376 e. The highest BCUT2D eigenvalue weighted by atomic mass is 127. The van der Waals surface area contributed by atoms with E-state index in [1.807, 2.05) is 30.1 Å². The second-order valence-electron chi connectivity index (χ2n) is 7.72. The van der Waals surface area contributed by atoms with E-state index in [0.717, 1.165) is 57.3 Å². The highest BCUT2D eigenvalue weighted by Gasteiger charge is 2.26. The van der Waals surface area contributed by atoms with Gasteiger partial charge in [-0.15, -0.1) is 35.3 Å². The number of aryl methyl sites for hydroxylation is 2. The fraction of sp³-hybridized carbons (Fsp3) is 0.636. The number of ether oxygens (including phenoxy) is 1. The van der Waals surface area contributed by atoms with Crippen molar-refractivity contribution in [2.75, 3.05) is 33.3 Å². The molecular weight excluding hydrogens is 523 g/mol. The maximum atomic E-state index is 5.75. The number of aromatic nitrogens is 2. The third-order valence-corrected chi connectivity index (χ3v) is 6.71. The van der Waals surface area contributed by atoms with Gasteiger partial charge in [0.2, 0.25) is 0 Å². The van der Waals surface area contributed by atoms with Crippen LogP contribution in [0.5, 0.6) is 0 Å². The standard InChI is InChI=1S/C22H36N6OS.HI/c1-6-18-17(19(7-2)27(5)26-18)13-24-22(23-4)25-14-20(21-9-8-12-30-21)28-10-11-29-16(3)15-28;/h8-9,12,16,20H,6-7,10-11,13-15H2,1-5H3,(H2,23,24,25);1H. The van der Waals surface area contributed by atoms with Gasteiger partial charge in [0, 0.05) is 56.4 Å². The molecule has 2 aromatic rings. The van der Waals surface area contributed by atoms with Crippen molar-refractivity contribution in [2.45, 2.75) is 52.3 Å². The number of hydrogen-bond acceptors (Lipinski definition) is 5. The molecule has 31 heavy (non-hydrogen) atoms. The summed E-state index contributed by atoms with van der Waals surface area (Å²) in [5, 5.41) is 13.9. The Morgan fingerprint density at radius 1 is 1.35 bits per heavy atom. The summed E-state index contributed by atoms with van der Waals surface area (Å²) < 4.78 is 7.77. The summed E-state index contributed by atoms with van der Waals surface area (Å²) in [6.07, 6.45) is 2.18. The number of thiophene rings is 1. The lowest BCUT2D eigenvalue weighted by Gasteiger charge is -2.37. The number of aliphatic imine (C=N–C) groups is 1. The molecule has 0 saturated carbocycles. The van der Waals surface area contributed by atoms with Crippen LogP contribution in [0.25, 0.3) is 0 Å². The molecule has 2 aromatic heterocycles. The summed E-state index contributed by atoms with van der Waals surface area (Å²) in [5.41, 5.74) is 3.74. The van der Waals surface area contributed by atoms with E-state index in [-0.39, 0.29) is 30.1 Å². The smallest absolute Gasteiger partial charge is 0.191 e. The Bertz CT molecular complexity index is 822. The Morgan fingerprint density at radius 3 is 2.77 bits per heavy atom. The number of rotatable bonds is 8. The second kappa shape index (κ2) is 12.8. The average molecular weight is 561 g/mol. The molecule has 1 aliphatic rings. The fourth-order valence-corrected chi connectivity index (χ4v) is 5.06. The predicted molar refractivity (Wildman–Crippen MR) is 140 cm³/mol. The number of nitrogens with zero attached hydrogens (tertiary/aromatic N) is 4. The van der Waals surface area contributed by atoms with Crippen LogP contribution in [0.15, 0.2) is 22.5 Å². The van der Waals surface area contributed by atoms with Gasteiger partial charge in [-0.2, -0.15) is 5.10 Å². The fourth-order valence-electron chi connectivity index (χ4n) is 4.20. The summed E-state index contributed by atoms with van der Waals surface area (Å²) in [5.74, 6) is 0.825. The Hall–Kier alpha value is -1.17. The predicted octanol–water partition coefficient (Wildman–Crippen LogP) is 3.35. The Kier molecular flexibility index (Phi) is 10.7. The van der Waals surface area contributed by atoms with Crippen LogP contribution in [0.2, 0.25) is 0 Å². The molecule has 0 aliphatic carbocycles. The molecule has 3 heterocycles. The number of morpholine rings is 1. The summed E-state index contributed by atoms with van der Waals surface area (Å²) in [4.78, 5) is 8.36. The van der Waals surface area contributed by atoms with E-state index in [4.69, 9.17) is 4.74 Å². The number of halogens is 1. The monoisotopic (exact) mass is 560 g/mol. The highest BCUT2D eigenvalue weighted by molar-refractivity contribution is 14.0. The molecule has 2 N–H and O–H groups in total. The quantitative estimate of drug-likeness (QED) is 0.295. The first-order valence-electron chi connectivity index (χ1n) is 10.9. The third kappa shape index (κ3) is 6.66. The van der Waals surface area contributed by atoms with Crippen LogP contribution in [0.3, 0.4) is 0 Å². The minimum Gasteiger partial charge on any atom is -0.376 e. The van der Waals surface area contributed by atoms with E-state index in [1.165, 1.54) is 16.1 Å². The Balaban J connectivity index is 0.00000341.